The molecular formula is C74H134O6. The Morgan fingerprint density at radius 3 is 0.725 bits per heavy atom. The van der Waals surface area contributed by atoms with Gasteiger partial charge in [-0.1, -0.05) is 326 Å². The number of unbranched alkanes of at least 4 members (excludes halogenated alkanes) is 44. The van der Waals surface area contributed by atoms with E-state index in [0.717, 1.165) is 83.5 Å². The van der Waals surface area contributed by atoms with E-state index in [1.807, 2.05) is 0 Å². The highest BCUT2D eigenvalue weighted by molar-refractivity contribution is 5.71. The molecule has 6 heteroatoms. The Hall–Kier alpha value is -2.89. The van der Waals surface area contributed by atoms with Crippen molar-refractivity contribution in [2.45, 2.75) is 380 Å². The van der Waals surface area contributed by atoms with Gasteiger partial charge in [0.25, 0.3) is 0 Å². The average molecular weight is 1120 g/mol. The van der Waals surface area contributed by atoms with Crippen LogP contribution in [0.2, 0.25) is 0 Å². The van der Waals surface area contributed by atoms with Gasteiger partial charge in [0.2, 0.25) is 0 Å². The molecule has 0 aromatic heterocycles. The van der Waals surface area contributed by atoms with E-state index in [1.54, 1.807) is 0 Å². The van der Waals surface area contributed by atoms with Crippen LogP contribution >= 0.6 is 0 Å². The van der Waals surface area contributed by atoms with E-state index in [2.05, 4.69) is 81.5 Å². The number of carbonyl (C=O) groups is 3. The molecule has 0 amide bonds. The van der Waals surface area contributed by atoms with Gasteiger partial charge in [-0.2, -0.15) is 0 Å². The molecule has 0 N–H and O–H groups in total. The Morgan fingerprint density at radius 2 is 0.450 bits per heavy atom. The minimum Gasteiger partial charge on any atom is -0.462 e. The van der Waals surface area contributed by atoms with E-state index in [0.29, 0.717) is 19.3 Å². The van der Waals surface area contributed by atoms with Crippen molar-refractivity contribution in [3.63, 3.8) is 0 Å². The van der Waals surface area contributed by atoms with Gasteiger partial charge in [-0.25, -0.2) is 0 Å². The first-order valence-electron chi connectivity index (χ1n) is 35.3. The second kappa shape index (κ2) is 68.6. The predicted octanol–water partition coefficient (Wildman–Crippen LogP) is 24.3. The van der Waals surface area contributed by atoms with Crippen LogP contribution < -0.4 is 0 Å². The summed E-state index contributed by atoms with van der Waals surface area (Å²) >= 11 is 0. The minimum atomic E-state index is -0.779. The second-order valence-electron chi connectivity index (χ2n) is 23.8. The number of ether oxygens (including phenoxy) is 3. The zero-order valence-corrected chi connectivity index (χ0v) is 53.6. The van der Waals surface area contributed by atoms with Crippen molar-refractivity contribution in [1.29, 1.82) is 0 Å². The van der Waals surface area contributed by atoms with Crippen LogP contribution in [-0.4, -0.2) is 37.2 Å². The second-order valence-corrected chi connectivity index (χ2v) is 23.8. The highest BCUT2D eigenvalue weighted by Gasteiger charge is 2.19. The summed E-state index contributed by atoms with van der Waals surface area (Å²) in [6.45, 7) is 6.64. The van der Waals surface area contributed by atoms with Crippen molar-refractivity contribution in [3.05, 3.63) is 60.8 Å². The molecule has 0 aromatic rings. The summed E-state index contributed by atoms with van der Waals surface area (Å²) in [4.78, 5) is 38.4. The molecule has 0 aliphatic rings. The number of carbonyl (C=O) groups excluding carboxylic acids is 3. The smallest absolute Gasteiger partial charge is 0.306 e. The Labute approximate surface area is 498 Å². The highest BCUT2D eigenvalue weighted by Crippen LogP contribution is 2.18. The molecule has 0 aliphatic heterocycles. The van der Waals surface area contributed by atoms with Gasteiger partial charge in [0, 0.05) is 19.3 Å². The number of rotatable bonds is 65. The average Bonchev–Trinajstić information content (AvgIpc) is 3.46. The maximum atomic E-state index is 12.9. The van der Waals surface area contributed by atoms with Gasteiger partial charge in [0.1, 0.15) is 13.2 Å². The molecule has 0 radical (unpaired) electrons. The van der Waals surface area contributed by atoms with Gasteiger partial charge in [-0.3, -0.25) is 14.4 Å². The first-order chi connectivity index (χ1) is 39.5. The van der Waals surface area contributed by atoms with Crippen LogP contribution in [0.5, 0.6) is 0 Å². The lowest BCUT2D eigenvalue weighted by molar-refractivity contribution is -0.167. The molecule has 0 rings (SSSR count). The molecule has 0 fully saturated rings. The fraction of sp³-hybridized carbons (Fsp3) is 0.824. The maximum Gasteiger partial charge on any atom is 0.306 e. The van der Waals surface area contributed by atoms with Crippen LogP contribution in [-0.2, 0) is 28.6 Å². The highest BCUT2D eigenvalue weighted by atomic mass is 16.6. The van der Waals surface area contributed by atoms with Gasteiger partial charge in [-0.15, -0.1) is 0 Å². The molecule has 0 aromatic carbocycles. The van der Waals surface area contributed by atoms with Gasteiger partial charge >= 0.3 is 17.9 Å². The summed E-state index contributed by atoms with van der Waals surface area (Å²) in [6.07, 6.45) is 88.2. The quantitative estimate of drug-likeness (QED) is 0.0261. The number of allylic oxidation sites excluding steroid dienone is 10. The SMILES string of the molecule is CCCCC/C=C\C/C=C\C/C=C\CCCCCCCCC(=O)OC(COC(=O)CCCCCCCCCCCCCC)COC(=O)CCCCCCCCCCCCCCCCCCCCC/C=C\C/C=C\CCCCCCC. The van der Waals surface area contributed by atoms with Crippen LogP contribution in [0.25, 0.3) is 0 Å². The van der Waals surface area contributed by atoms with Crippen LogP contribution in [0.3, 0.4) is 0 Å². The third-order valence-electron chi connectivity index (χ3n) is 15.7. The molecule has 1 atom stereocenters. The van der Waals surface area contributed by atoms with Gasteiger partial charge in [-0.05, 0) is 89.9 Å². The Morgan fingerprint density at radius 1 is 0.250 bits per heavy atom. The standard InChI is InChI=1S/C74H134O6/c1-4-7-10-13-16-19-22-25-27-29-31-32-33-34-35-36-37-38-39-40-41-42-44-45-47-49-52-55-58-61-64-67-73(76)79-70-71(69-78-72(75)66-63-60-57-54-51-24-21-18-15-12-9-6-3)80-74(77)68-65-62-59-56-53-50-48-46-43-30-28-26-23-20-17-14-11-8-5-2/h17,20,22,25-26,28-29,31,43,46,71H,4-16,18-19,21,23-24,27,30,32-42,44-45,47-70H2,1-3H3/b20-17-,25-22-,28-26-,31-29-,46-43-. The summed E-state index contributed by atoms with van der Waals surface area (Å²) in [7, 11) is 0. The van der Waals surface area contributed by atoms with E-state index in [9.17, 15) is 14.4 Å². The van der Waals surface area contributed by atoms with Crippen molar-refractivity contribution < 1.29 is 28.6 Å². The molecule has 0 spiro atoms. The summed E-state index contributed by atoms with van der Waals surface area (Å²) in [5.41, 5.74) is 0. The van der Waals surface area contributed by atoms with Crippen molar-refractivity contribution in [2.24, 2.45) is 0 Å². The monoisotopic (exact) mass is 1120 g/mol. The summed E-state index contributed by atoms with van der Waals surface area (Å²) < 4.78 is 17.0. The lowest BCUT2D eigenvalue weighted by Gasteiger charge is -2.18. The zero-order chi connectivity index (χ0) is 57.8. The molecule has 1 unspecified atom stereocenters. The Bertz CT molecular complexity index is 1430. The third-order valence-corrected chi connectivity index (χ3v) is 15.7. The number of hydrogen-bond acceptors (Lipinski definition) is 6. The molecule has 0 bridgehead atoms. The van der Waals surface area contributed by atoms with Crippen LogP contribution in [0, 0.1) is 0 Å². The molecule has 6 nitrogen and oxygen atoms in total. The number of esters is 3. The van der Waals surface area contributed by atoms with Gasteiger partial charge < -0.3 is 14.2 Å². The van der Waals surface area contributed by atoms with E-state index in [1.165, 1.54) is 250 Å². The normalized spacial score (nSPS) is 12.4. The molecule has 0 aliphatic carbocycles. The summed E-state index contributed by atoms with van der Waals surface area (Å²) in [5, 5.41) is 0. The Kier molecular flexibility index (Phi) is 66.1. The van der Waals surface area contributed by atoms with Crippen molar-refractivity contribution >= 4 is 17.9 Å². The summed E-state index contributed by atoms with van der Waals surface area (Å²) in [6, 6.07) is 0. The minimum absolute atomic E-state index is 0.0748. The lowest BCUT2D eigenvalue weighted by atomic mass is 10.0. The lowest BCUT2D eigenvalue weighted by Crippen LogP contribution is -2.30. The van der Waals surface area contributed by atoms with E-state index < -0.39 is 6.10 Å². The molecule has 80 heavy (non-hydrogen) atoms. The van der Waals surface area contributed by atoms with Crippen LogP contribution in [0.15, 0.2) is 60.8 Å². The first kappa shape index (κ1) is 77.1. The molecule has 0 saturated carbocycles. The zero-order valence-electron chi connectivity index (χ0n) is 53.6. The number of hydrogen-bond donors (Lipinski definition) is 0. The van der Waals surface area contributed by atoms with Gasteiger partial charge in [0.05, 0.1) is 0 Å². The fourth-order valence-corrected chi connectivity index (χ4v) is 10.4. The largest absolute Gasteiger partial charge is 0.462 e. The molecule has 466 valence electrons. The molecule has 0 heterocycles. The predicted molar refractivity (Wildman–Crippen MR) is 348 cm³/mol. The first-order valence-corrected chi connectivity index (χ1v) is 35.3. The van der Waals surface area contributed by atoms with E-state index in [-0.39, 0.29) is 31.1 Å². The van der Waals surface area contributed by atoms with Crippen LogP contribution in [0.4, 0.5) is 0 Å². The molecule has 0 saturated heterocycles. The van der Waals surface area contributed by atoms with Gasteiger partial charge in [0.15, 0.2) is 6.10 Å². The maximum absolute atomic E-state index is 12.9. The van der Waals surface area contributed by atoms with Crippen molar-refractivity contribution in [3.8, 4) is 0 Å². The third kappa shape index (κ3) is 65.9. The topological polar surface area (TPSA) is 78.9 Å². The Balaban J connectivity index is 4.17. The van der Waals surface area contributed by atoms with Crippen molar-refractivity contribution in [2.75, 3.05) is 13.2 Å². The van der Waals surface area contributed by atoms with E-state index >= 15 is 0 Å². The fourth-order valence-electron chi connectivity index (χ4n) is 10.4. The van der Waals surface area contributed by atoms with Crippen molar-refractivity contribution in [1.82, 2.24) is 0 Å². The summed E-state index contributed by atoms with van der Waals surface area (Å²) in [5.74, 6) is -0.865. The molecular weight excluding hydrogens is 985 g/mol. The van der Waals surface area contributed by atoms with Crippen LogP contribution in [0.1, 0.15) is 374 Å². The van der Waals surface area contributed by atoms with E-state index in [4.69, 9.17) is 14.2 Å².